The summed E-state index contributed by atoms with van der Waals surface area (Å²) in [6.45, 7) is 2.32. The molecule has 0 fully saturated rings. The first-order chi connectivity index (χ1) is 14.6. The van der Waals surface area contributed by atoms with E-state index in [0.29, 0.717) is 17.4 Å². The number of hydrogen-bond acceptors (Lipinski definition) is 6. The molecule has 0 atom stereocenters. The van der Waals surface area contributed by atoms with Gasteiger partial charge in [0.25, 0.3) is 0 Å². The summed E-state index contributed by atoms with van der Waals surface area (Å²) < 4.78 is 37.6. The molecule has 2 aromatic carbocycles. The van der Waals surface area contributed by atoms with Gasteiger partial charge in [-0.3, -0.25) is 4.90 Å². The average molecular weight is 412 g/mol. The molecular weight excluding hydrogens is 390 g/mol. The van der Waals surface area contributed by atoms with E-state index in [1.165, 1.54) is 12.1 Å². The normalized spacial score (nSPS) is 13.6. The van der Waals surface area contributed by atoms with Crippen molar-refractivity contribution < 1.29 is 18.3 Å². The summed E-state index contributed by atoms with van der Waals surface area (Å²) in [5.41, 5.74) is 3.23. The van der Waals surface area contributed by atoms with Gasteiger partial charge in [0.1, 0.15) is 11.6 Å². The minimum atomic E-state index is -0.683. The molecule has 1 N–H and O–H groups in total. The lowest BCUT2D eigenvalue weighted by Crippen LogP contribution is -2.31. The maximum absolute atomic E-state index is 13.9. The van der Waals surface area contributed by atoms with E-state index in [4.69, 9.17) is 9.47 Å². The van der Waals surface area contributed by atoms with Crippen LogP contribution in [0.5, 0.6) is 11.5 Å². The van der Waals surface area contributed by atoms with Gasteiger partial charge in [-0.25, -0.2) is 18.7 Å². The maximum Gasteiger partial charge on any atom is 0.227 e. The summed E-state index contributed by atoms with van der Waals surface area (Å²) in [5.74, 6) is 0.403. The van der Waals surface area contributed by atoms with Gasteiger partial charge in [0.05, 0.1) is 25.6 Å². The number of aromatic nitrogens is 2. The molecular formula is C22H22F2N4O2. The van der Waals surface area contributed by atoms with E-state index < -0.39 is 11.6 Å². The number of ether oxygens (including phenoxy) is 2. The van der Waals surface area contributed by atoms with Crippen LogP contribution in [0, 0.1) is 11.6 Å². The molecule has 0 bridgehead atoms. The van der Waals surface area contributed by atoms with Crippen LogP contribution in [-0.2, 0) is 19.5 Å². The van der Waals surface area contributed by atoms with Gasteiger partial charge >= 0.3 is 0 Å². The van der Waals surface area contributed by atoms with Crippen molar-refractivity contribution in [2.75, 3.05) is 26.1 Å². The predicted octanol–water partition coefficient (Wildman–Crippen LogP) is 4.07. The number of rotatable bonds is 6. The van der Waals surface area contributed by atoms with E-state index in [-0.39, 0.29) is 5.69 Å². The van der Waals surface area contributed by atoms with Gasteiger partial charge < -0.3 is 14.8 Å². The van der Waals surface area contributed by atoms with Crippen molar-refractivity contribution in [2.45, 2.75) is 19.5 Å². The Bertz CT molecular complexity index is 1060. The van der Waals surface area contributed by atoms with Gasteiger partial charge in [-0.1, -0.05) is 6.07 Å². The fraction of sp³-hybridized carbons (Fsp3) is 0.273. The summed E-state index contributed by atoms with van der Waals surface area (Å²) >= 11 is 0. The Balaban J connectivity index is 1.44. The number of anilines is 2. The van der Waals surface area contributed by atoms with Crippen LogP contribution in [0.1, 0.15) is 16.8 Å². The summed E-state index contributed by atoms with van der Waals surface area (Å²) in [4.78, 5) is 11.1. The molecule has 4 rings (SSSR count). The molecule has 3 aromatic rings. The van der Waals surface area contributed by atoms with Crippen molar-refractivity contribution in [1.29, 1.82) is 0 Å². The number of hydrogen-bond donors (Lipinski definition) is 1. The molecule has 1 aromatic heterocycles. The van der Waals surface area contributed by atoms with E-state index in [2.05, 4.69) is 20.2 Å². The van der Waals surface area contributed by atoms with Gasteiger partial charge in [0.15, 0.2) is 11.5 Å². The molecule has 1 aliphatic rings. The molecule has 8 heteroatoms. The van der Waals surface area contributed by atoms with E-state index in [9.17, 15) is 8.78 Å². The Kier molecular flexibility index (Phi) is 5.76. The third-order valence-corrected chi connectivity index (χ3v) is 5.04. The van der Waals surface area contributed by atoms with E-state index >= 15 is 0 Å². The number of nitrogens with zero attached hydrogens (tertiary/aromatic N) is 3. The highest BCUT2D eigenvalue weighted by Gasteiger charge is 2.19. The summed E-state index contributed by atoms with van der Waals surface area (Å²) in [6, 6.07) is 9.26. The second-order valence-corrected chi connectivity index (χ2v) is 7.06. The molecule has 0 amide bonds. The van der Waals surface area contributed by atoms with Crippen LogP contribution in [0.15, 0.2) is 42.6 Å². The molecule has 0 radical (unpaired) electrons. The van der Waals surface area contributed by atoms with Crippen LogP contribution in [-0.4, -0.2) is 35.6 Å². The average Bonchev–Trinajstić information content (AvgIpc) is 2.75. The zero-order valence-electron chi connectivity index (χ0n) is 16.8. The number of fused-ring (bicyclic) bond motifs is 1. The summed E-state index contributed by atoms with van der Waals surface area (Å²) in [7, 11) is 3.24. The van der Waals surface area contributed by atoms with Crippen LogP contribution in [0.3, 0.4) is 0 Å². The molecule has 6 nitrogen and oxygen atoms in total. The van der Waals surface area contributed by atoms with Crippen molar-refractivity contribution in [1.82, 2.24) is 14.9 Å². The topological polar surface area (TPSA) is 59.5 Å². The van der Waals surface area contributed by atoms with Crippen LogP contribution in [0.2, 0.25) is 0 Å². The number of halogens is 2. The lowest BCUT2D eigenvalue weighted by Gasteiger charge is -2.28. The third kappa shape index (κ3) is 4.33. The van der Waals surface area contributed by atoms with Crippen LogP contribution in [0.4, 0.5) is 20.4 Å². The van der Waals surface area contributed by atoms with E-state index in [1.807, 2.05) is 18.2 Å². The standard InChI is InChI=1S/C22H22F2N4O2/c1-29-20-6-3-14(9-21(20)30-2)12-28-8-7-18-15(13-28)11-25-22(26-18)27-19-5-4-16(23)10-17(19)24/h3-6,9-11H,7-8,12-13H2,1-2H3,(H,25,26,27). The SMILES string of the molecule is COc1ccc(CN2CCc3nc(Nc4ccc(F)cc4F)ncc3C2)cc1OC. The Hall–Kier alpha value is -3.26. The van der Waals surface area contributed by atoms with Crippen molar-refractivity contribution in [2.24, 2.45) is 0 Å². The first-order valence-corrected chi connectivity index (χ1v) is 9.56. The molecule has 0 saturated carbocycles. The first kappa shape index (κ1) is 20.0. The largest absolute Gasteiger partial charge is 0.493 e. The monoisotopic (exact) mass is 412 g/mol. The molecule has 1 aliphatic heterocycles. The third-order valence-electron chi connectivity index (χ3n) is 5.04. The summed E-state index contributed by atoms with van der Waals surface area (Å²) in [5, 5.41) is 2.82. The Labute approximate surface area is 173 Å². The maximum atomic E-state index is 13.9. The second-order valence-electron chi connectivity index (χ2n) is 7.06. The Morgan fingerprint density at radius 1 is 1.07 bits per heavy atom. The molecule has 2 heterocycles. The van der Waals surface area contributed by atoms with Crippen molar-refractivity contribution in [3.8, 4) is 11.5 Å². The van der Waals surface area contributed by atoms with Crippen LogP contribution >= 0.6 is 0 Å². The van der Waals surface area contributed by atoms with Crippen molar-refractivity contribution >= 4 is 11.6 Å². The second kappa shape index (κ2) is 8.62. The fourth-order valence-corrected chi connectivity index (χ4v) is 3.52. The molecule has 156 valence electrons. The van der Waals surface area contributed by atoms with E-state index in [1.54, 1.807) is 20.4 Å². The van der Waals surface area contributed by atoms with Gasteiger partial charge in [0.2, 0.25) is 5.95 Å². The van der Waals surface area contributed by atoms with Crippen molar-refractivity contribution in [3.05, 3.63) is 71.1 Å². The van der Waals surface area contributed by atoms with Crippen molar-refractivity contribution in [3.63, 3.8) is 0 Å². The molecule has 0 aliphatic carbocycles. The number of methoxy groups -OCH3 is 2. The Morgan fingerprint density at radius 3 is 2.67 bits per heavy atom. The number of nitrogens with one attached hydrogen (secondary N) is 1. The quantitative estimate of drug-likeness (QED) is 0.659. The van der Waals surface area contributed by atoms with Gasteiger partial charge in [0, 0.05) is 43.9 Å². The van der Waals surface area contributed by atoms with Gasteiger partial charge in [-0.05, 0) is 29.8 Å². The highest BCUT2D eigenvalue weighted by Crippen LogP contribution is 2.29. The highest BCUT2D eigenvalue weighted by atomic mass is 19.1. The zero-order valence-corrected chi connectivity index (χ0v) is 16.8. The van der Waals surface area contributed by atoms with Gasteiger partial charge in [-0.15, -0.1) is 0 Å². The lowest BCUT2D eigenvalue weighted by molar-refractivity contribution is 0.242. The van der Waals surface area contributed by atoms with Crippen LogP contribution < -0.4 is 14.8 Å². The summed E-state index contributed by atoms with van der Waals surface area (Å²) in [6.07, 6.45) is 2.51. The smallest absolute Gasteiger partial charge is 0.227 e. The fourth-order valence-electron chi connectivity index (χ4n) is 3.52. The van der Waals surface area contributed by atoms with E-state index in [0.717, 1.165) is 48.9 Å². The molecule has 30 heavy (non-hydrogen) atoms. The minimum absolute atomic E-state index is 0.141. The molecule has 0 unspecified atom stereocenters. The zero-order chi connectivity index (χ0) is 21.1. The highest BCUT2D eigenvalue weighted by molar-refractivity contribution is 5.54. The Morgan fingerprint density at radius 2 is 1.90 bits per heavy atom. The minimum Gasteiger partial charge on any atom is -0.493 e. The first-order valence-electron chi connectivity index (χ1n) is 9.56. The molecule has 0 saturated heterocycles. The van der Waals surface area contributed by atoms with Gasteiger partial charge in [-0.2, -0.15) is 0 Å². The molecule has 0 spiro atoms. The predicted molar refractivity (Wildman–Crippen MR) is 109 cm³/mol. The lowest BCUT2D eigenvalue weighted by atomic mass is 10.1. The number of benzene rings is 2. The van der Waals surface area contributed by atoms with Crippen LogP contribution in [0.25, 0.3) is 0 Å².